The molecule has 0 atom stereocenters. The highest BCUT2D eigenvalue weighted by Gasteiger charge is 2.17. The van der Waals surface area contributed by atoms with Gasteiger partial charge < -0.3 is 9.80 Å². The van der Waals surface area contributed by atoms with Crippen LogP contribution in [0.2, 0.25) is 0 Å². The number of hydrogen-bond donors (Lipinski definition) is 0. The van der Waals surface area contributed by atoms with E-state index in [0.717, 1.165) is 25.9 Å². The summed E-state index contributed by atoms with van der Waals surface area (Å²) in [5, 5.41) is 2.70. The van der Waals surface area contributed by atoms with Gasteiger partial charge in [0.1, 0.15) is 13.6 Å². The van der Waals surface area contributed by atoms with Crippen LogP contribution in [-0.4, -0.2) is 41.3 Å². The summed E-state index contributed by atoms with van der Waals surface area (Å²) in [5.41, 5.74) is 9.49. The van der Waals surface area contributed by atoms with E-state index >= 15 is 0 Å². The third kappa shape index (κ3) is 3.81. The molecule has 5 rings (SSSR count). The van der Waals surface area contributed by atoms with Crippen LogP contribution in [0.4, 0.5) is 11.4 Å². The van der Waals surface area contributed by atoms with Crippen LogP contribution in [0.15, 0.2) is 60.7 Å². The van der Waals surface area contributed by atoms with E-state index in [1.165, 1.54) is 62.6 Å². The summed E-state index contributed by atoms with van der Waals surface area (Å²) in [6, 6.07) is 23.2. The van der Waals surface area contributed by atoms with E-state index in [0.29, 0.717) is 0 Å². The minimum atomic E-state index is 1.15. The van der Waals surface area contributed by atoms with Crippen LogP contribution < -0.4 is 25.0 Å². The molecule has 0 amide bonds. The zero-order chi connectivity index (χ0) is 22.2. The largest absolute Gasteiger partial charge is 0.378 e. The Labute approximate surface area is 191 Å². The molecule has 0 bridgehead atoms. The second kappa shape index (κ2) is 8.46. The van der Waals surface area contributed by atoms with Gasteiger partial charge >= 0.3 is 0 Å². The lowest BCUT2D eigenvalue weighted by Gasteiger charge is -2.28. The lowest BCUT2D eigenvalue weighted by atomic mass is 9.90. The molecule has 0 radical (unpaired) electrons. The number of anilines is 2. The van der Waals surface area contributed by atoms with Gasteiger partial charge in [-0.25, -0.2) is 4.58 Å². The molecule has 0 aliphatic carbocycles. The van der Waals surface area contributed by atoms with Crippen LogP contribution in [0.1, 0.15) is 35.1 Å². The Kier molecular flexibility index (Phi) is 5.50. The maximum Gasteiger partial charge on any atom is 0.202 e. The second-order valence-corrected chi connectivity index (χ2v) is 9.55. The lowest BCUT2D eigenvalue weighted by molar-refractivity contribution is 0.588. The Morgan fingerprint density at radius 3 is 2.38 bits per heavy atom. The molecule has 164 valence electrons. The molecular formula is C29H34N3+. The van der Waals surface area contributed by atoms with E-state index in [1.807, 2.05) is 0 Å². The topological polar surface area (TPSA) is 9.49 Å². The predicted octanol–water partition coefficient (Wildman–Crippen LogP) is 3.45. The average molecular weight is 425 g/mol. The quantitative estimate of drug-likeness (QED) is 0.596. The van der Waals surface area contributed by atoms with Gasteiger partial charge in [-0.15, -0.1) is 0 Å². The van der Waals surface area contributed by atoms with E-state index < -0.39 is 0 Å². The maximum atomic E-state index is 2.44. The third-order valence-electron chi connectivity index (χ3n) is 7.11. The zero-order valence-corrected chi connectivity index (χ0v) is 19.9. The summed E-state index contributed by atoms with van der Waals surface area (Å²) in [6.45, 7) is 2.29. The van der Waals surface area contributed by atoms with Crippen molar-refractivity contribution in [3.8, 4) is 0 Å². The number of hydrogen-bond acceptors (Lipinski definition) is 2. The van der Waals surface area contributed by atoms with Crippen LogP contribution in [0, 0.1) is 0 Å². The average Bonchev–Trinajstić information content (AvgIpc) is 2.80. The minimum absolute atomic E-state index is 1.15. The van der Waals surface area contributed by atoms with E-state index in [4.69, 9.17) is 0 Å². The van der Waals surface area contributed by atoms with Crippen molar-refractivity contribution in [2.45, 2.75) is 25.7 Å². The molecule has 0 saturated heterocycles. The van der Waals surface area contributed by atoms with Gasteiger partial charge in [0, 0.05) is 57.1 Å². The van der Waals surface area contributed by atoms with Crippen molar-refractivity contribution in [1.29, 1.82) is 0 Å². The van der Waals surface area contributed by atoms with Gasteiger partial charge in [0.15, 0.2) is 0 Å². The van der Waals surface area contributed by atoms with Gasteiger partial charge in [0.2, 0.25) is 5.36 Å². The summed E-state index contributed by atoms with van der Waals surface area (Å²) in [5.74, 6) is 0. The van der Waals surface area contributed by atoms with E-state index in [2.05, 4.69) is 103 Å². The molecule has 0 N–H and O–H groups in total. The summed E-state index contributed by atoms with van der Waals surface area (Å²) in [7, 11) is 8.61. The van der Waals surface area contributed by atoms with Crippen molar-refractivity contribution < 1.29 is 0 Å². The number of nitrogens with zero attached hydrogens (tertiary/aromatic N) is 3. The fourth-order valence-corrected chi connectivity index (χ4v) is 5.31. The number of benzene rings is 3. The van der Waals surface area contributed by atoms with E-state index in [-0.39, 0.29) is 0 Å². The molecule has 2 heterocycles. The number of fused-ring (bicyclic) bond motifs is 2. The molecule has 0 saturated carbocycles. The molecule has 0 unspecified atom stereocenters. The maximum absolute atomic E-state index is 2.44. The van der Waals surface area contributed by atoms with Crippen LogP contribution in [0.5, 0.6) is 0 Å². The van der Waals surface area contributed by atoms with Crippen LogP contribution in [0.25, 0.3) is 5.57 Å². The van der Waals surface area contributed by atoms with Gasteiger partial charge in [-0.1, -0.05) is 18.2 Å². The molecule has 0 spiro atoms. The number of aryl methyl sites for hydroxylation is 2. The first-order valence-electron chi connectivity index (χ1n) is 11.8. The fourth-order valence-electron chi connectivity index (χ4n) is 5.31. The van der Waals surface area contributed by atoms with Crippen LogP contribution in [0.3, 0.4) is 0 Å². The van der Waals surface area contributed by atoms with Gasteiger partial charge in [0.05, 0.1) is 0 Å². The molecule has 32 heavy (non-hydrogen) atoms. The monoisotopic (exact) mass is 424 g/mol. The Morgan fingerprint density at radius 1 is 0.844 bits per heavy atom. The first-order valence-corrected chi connectivity index (χ1v) is 11.8. The molecule has 0 aromatic heterocycles. The summed E-state index contributed by atoms with van der Waals surface area (Å²) in [4.78, 5) is 4.55. The van der Waals surface area contributed by atoms with Crippen molar-refractivity contribution in [2.24, 2.45) is 0 Å². The minimum Gasteiger partial charge on any atom is -0.378 e. The second-order valence-electron chi connectivity index (χ2n) is 9.55. The van der Waals surface area contributed by atoms with Crippen molar-refractivity contribution >= 4 is 16.9 Å². The number of rotatable bonds is 3. The van der Waals surface area contributed by atoms with Crippen molar-refractivity contribution in [1.82, 2.24) is 4.58 Å². The summed E-state index contributed by atoms with van der Waals surface area (Å²) >= 11 is 0. The molecule has 2 aliphatic rings. The molecule has 3 heteroatoms. The van der Waals surface area contributed by atoms with Crippen LogP contribution >= 0.6 is 0 Å². The highest BCUT2D eigenvalue weighted by atomic mass is 15.1. The standard InChI is InChI=1S/C29H34N3/c1-30(2)26-13-9-21(10-14-26)29(24-11-15-27-22(19-24)7-5-17-31(27)3)25-12-16-28-23(20-25)8-6-18-32(28)4/h9-16,19-20H,5-8,17-18H2,1-4H3/q+1. The van der Waals surface area contributed by atoms with E-state index in [9.17, 15) is 0 Å². The zero-order valence-electron chi connectivity index (χ0n) is 19.9. The van der Waals surface area contributed by atoms with Gasteiger partial charge in [0.25, 0.3) is 0 Å². The smallest absolute Gasteiger partial charge is 0.202 e. The summed E-state index contributed by atoms with van der Waals surface area (Å²) < 4.78 is 2.39. The molecular weight excluding hydrogens is 390 g/mol. The van der Waals surface area contributed by atoms with E-state index in [1.54, 1.807) is 0 Å². The Morgan fingerprint density at radius 2 is 1.59 bits per heavy atom. The van der Waals surface area contributed by atoms with Crippen molar-refractivity contribution in [3.05, 3.63) is 93.5 Å². The SMILES string of the molecule is CN(C)c1ccc(/C(c2ccc3c(c2)CCCN3C)=c2/ccc3c(c2)CCC[N+]=3C)cc1. The Bertz CT molecular complexity index is 1270. The fraction of sp³-hybridized carbons (Fsp3) is 0.345. The highest BCUT2D eigenvalue weighted by molar-refractivity contribution is 5.81. The Hall–Kier alpha value is -3.07. The predicted molar refractivity (Wildman–Crippen MR) is 136 cm³/mol. The van der Waals surface area contributed by atoms with Gasteiger partial charge in [-0.05, 0) is 83.1 Å². The first kappa shape index (κ1) is 20.8. The van der Waals surface area contributed by atoms with Gasteiger partial charge in [-0.2, -0.15) is 0 Å². The summed E-state index contributed by atoms with van der Waals surface area (Å²) in [6.07, 6.45) is 4.78. The molecule has 2 aliphatic heterocycles. The first-order chi connectivity index (χ1) is 15.5. The highest BCUT2D eigenvalue weighted by Crippen LogP contribution is 2.31. The van der Waals surface area contributed by atoms with Crippen molar-refractivity contribution in [3.63, 3.8) is 0 Å². The molecule has 3 aromatic rings. The van der Waals surface area contributed by atoms with Crippen molar-refractivity contribution in [2.75, 3.05) is 51.1 Å². The van der Waals surface area contributed by atoms with Gasteiger partial charge in [-0.3, -0.25) is 0 Å². The molecule has 0 fully saturated rings. The molecule has 3 nitrogen and oxygen atoms in total. The normalized spacial score (nSPS) is 16.4. The lowest BCUT2D eigenvalue weighted by Crippen LogP contribution is -2.35. The third-order valence-corrected chi connectivity index (χ3v) is 7.11. The molecule has 3 aromatic carbocycles. The van der Waals surface area contributed by atoms with Crippen LogP contribution in [-0.2, 0) is 12.8 Å². The Balaban J connectivity index is 1.74.